The predicted molar refractivity (Wildman–Crippen MR) is 98.4 cm³/mol. The van der Waals surface area contributed by atoms with Crippen molar-refractivity contribution < 1.29 is 18.0 Å². The van der Waals surface area contributed by atoms with Gasteiger partial charge in [-0.05, 0) is 37.4 Å². The van der Waals surface area contributed by atoms with Crippen LogP contribution in [0.2, 0.25) is 5.02 Å². The van der Waals surface area contributed by atoms with E-state index >= 15 is 0 Å². The average Bonchev–Trinajstić information content (AvgIpc) is 2.63. The van der Waals surface area contributed by atoms with Crippen molar-refractivity contribution in [1.29, 1.82) is 0 Å². The van der Waals surface area contributed by atoms with Crippen LogP contribution < -0.4 is 10.2 Å². The van der Waals surface area contributed by atoms with E-state index in [0.29, 0.717) is 0 Å². The first-order valence-corrected chi connectivity index (χ1v) is 8.69. The second-order valence-corrected chi connectivity index (χ2v) is 6.77. The van der Waals surface area contributed by atoms with Gasteiger partial charge in [0.05, 0.1) is 11.3 Å². The standard InChI is InChI=1S/C18H18ClF3N4O/c1-25-6-8-26(9-7-25)13-4-5-23-16(11-13)17(27)24-15-3-2-12(19)10-14(15)18(20,21)22/h2-5,10-11H,6-9H2,1H3,(H,24,27). The van der Waals surface area contributed by atoms with Gasteiger partial charge in [-0.1, -0.05) is 11.6 Å². The highest BCUT2D eigenvalue weighted by Gasteiger charge is 2.34. The van der Waals surface area contributed by atoms with Gasteiger partial charge in [0.15, 0.2) is 0 Å². The fraction of sp³-hybridized carbons (Fsp3) is 0.333. The van der Waals surface area contributed by atoms with Crippen molar-refractivity contribution in [3.05, 3.63) is 52.8 Å². The molecule has 27 heavy (non-hydrogen) atoms. The van der Waals surface area contributed by atoms with Crippen LogP contribution in [0.1, 0.15) is 16.1 Å². The zero-order valence-electron chi connectivity index (χ0n) is 14.6. The van der Waals surface area contributed by atoms with Crippen molar-refractivity contribution in [3.63, 3.8) is 0 Å². The number of hydrogen-bond acceptors (Lipinski definition) is 4. The normalized spacial score (nSPS) is 15.7. The summed E-state index contributed by atoms with van der Waals surface area (Å²) in [6, 6.07) is 6.58. The Labute approximate surface area is 159 Å². The quantitative estimate of drug-likeness (QED) is 0.855. The highest BCUT2D eigenvalue weighted by Crippen LogP contribution is 2.36. The van der Waals surface area contributed by atoms with Crippen molar-refractivity contribution in [2.24, 2.45) is 0 Å². The summed E-state index contributed by atoms with van der Waals surface area (Å²) in [7, 11) is 2.03. The lowest BCUT2D eigenvalue weighted by atomic mass is 10.1. The third-order valence-corrected chi connectivity index (χ3v) is 4.61. The number of nitrogens with one attached hydrogen (secondary N) is 1. The van der Waals surface area contributed by atoms with Crippen LogP contribution in [0.25, 0.3) is 0 Å². The number of rotatable bonds is 3. The number of benzene rings is 1. The van der Waals surface area contributed by atoms with Gasteiger partial charge in [-0.15, -0.1) is 0 Å². The second-order valence-electron chi connectivity index (χ2n) is 6.33. The minimum atomic E-state index is -4.64. The van der Waals surface area contributed by atoms with Crippen LogP contribution in [0.15, 0.2) is 36.5 Å². The molecule has 0 atom stereocenters. The Morgan fingerprint density at radius 1 is 1.15 bits per heavy atom. The van der Waals surface area contributed by atoms with Gasteiger partial charge in [0.2, 0.25) is 0 Å². The third-order valence-electron chi connectivity index (χ3n) is 4.38. The number of likely N-dealkylation sites (N-methyl/N-ethyl adjacent to an activating group) is 1. The first-order chi connectivity index (χ1) is 12.7. The number of hydrogen-bond donors (Lipinski definition) is 1. The van der Waals surface area contributed by atoms with Crippen molar-refractivity contribution in [1.82, 2.24) is 9.88 Å². The molecule has 1 aliphatic heterocycles. The molecule has 2 aromatic rings. The van der Waals surface area contributed by atoms with Crippen molar-refractivity contribution in [3.8, 4) is 0 Å². The van der Waals surface area contributed by atoms with Crippen LogP contribution in [-0.2, 0) is 6.18 Å². The number of carbonyl (C=O) groups is 1. The lowest BCUT2D eigenvalue weighted by Crippen LogP contribution is -2.44. The van der Waals surface area contributed by atoms with E-state index in [2.05, 4.69) is 20.1 Å². The summed E-state index contributed by atoms with van der Waals surface area (Å²) in [5, 5.41) is 2.23. The molecule has 0 spiro atoms. The van der Waals surface area contributed by atoms with E-state index in [0.717, 1.165) is 44.0 Å². The van der Waals surface area contributed by atoms with Crippen molar-refractivity contribution in [2.75, 3.05) is 43.4 Å². The van der Waals surface area contributed by atoms with Crippen LogP contribution in [0.4, 0.5) is 24.5 Å². The number of aromatic nitrogens is 1. The van der Waals surface area contributed by atoms with E-state index in [1.165, 1.54) is 12.3 Å². The molecular formula is C18H18ClF3N4O. The van der Waals surface area contributed by atoms with Gasteiger partial charge >= 0.3 is 6.18 Å². The molecule has 0 saturated carbocycles. The number of alkyl halides is 3. The first kappa shape index (κ1) is 19.4. The van der Waals surface area contributed by atoms with Crippen molar-refractivity contribution in [2.45, 2.75) is 6.18 Å². The number of piperazine rings is 1. The number of amides is 1. The average molecular weight is 399 g/mol. The van der Waals surface area contributed by atoms with E-state index in [1.807, 2.05) is 7.05 Å². The molecule has 0 unspecified atom stereocenters. The van der Waals surface area contributed by atoms with Crippen LogP contribution in [0, 0.1) is 0 Å². The minimum Gasteiger partial charge on any atom is -0.369 e. The molecule has 1 amide bonds. The molecule has 1 aromatic carbocycles. The SMILES string of the molecule is CN1CCN(c2ccnc(C(=O)Nc3ccc(Cl)cc3C(F)(F)F)c2)CC1. The summed E-state index contributed by atoms with van der Waals surface area (Å²) in [5.41, 5.74) is -0.493. The van der Waals surface area contributed by atoms with Crippen LogP contribution in [0.3, 0.4) is 0 Å². The maximum absolute atomic E-state index is 13.2. The Balaban J connectivity index is 1.80. The third kappa shape index (κ3) is 4.70. The molecule has 0 bridgehead atoms. The molecule has 0 radical (unpaired) electrons. The summed E-state index contributed by atoms with van der Waals surface area (Å²) in [4.78, 5) is 20.8. The Kier molecular flexibility index (Phi) is 5.57. The van der Waals surface area contributed by atoms with Crippen LogP contribution >= 0.6 is 11.6 Å². The first-order valence-electron chi connectivity index (χ1n) is 8.31. The molecule has 5 nitrogen and oxygen atoms in total. The Hall–Kier alpha value is -2.32. The molecule has 0 aliphatic carbocycles. The van der Waals surface area contributed by atoms with Gasteiger partial charge < -0.3 is 15.1 Å². The summed E-state index contributed by atoms with van der Waals surface area (Å²) < 4.78 is 39.6. The largest absolute Gasteiger partial charge is 0.418 e. The summed E-state index contributed by atoms with van der Waals surface area (Å²) in [5.74, 6) is -0.709. The zero-order chi connectivity index (χ0) is 19.6. The number of nitrogens with zero attached hydrogens (tertiary/aromatic N) is 3. The van der Waals surface area contributed by atoms with E-state index < -0.39 is 17.6 Å². The number of pyridine rings is 1. The van der Waals surface area contributed by atoms with Gasteiger partial charge in [0, 0.05) is 43.1 Å². The monoisotopic (exact) mass is 398 g/mol. The number of halogens is 4. The molecular weight excluding hydrogens is 381 g/mol. The molecule has 1 aromatic heterocycles. The molecule has 144 valence electrons. The highest BCUT2D eigenvalue weighted by molar-refractivity contribution is 6.30. The fourth-order valence-corrected chi connectivity index (χ4v) is 3.02. The molecule has 1 saturated heterocycles. The maximum Gasteiger partial charge on any atom is 0.418 e. The van der Waals surface area contributed by atoms with Gasteiger partial charge in [-0.3, -0.25) is 9.78 Å². The molecule has 9 heteroatoms. The van der Waals surface area contributed by atoms with Gasteiger partial charge in [-0.2, -0.15) is 13.2 Å². The predicted octanol–water partition coefficient (Wildman–Crippen LogP) is 3.76. The van der Waals surface area contributed by atoms with Crippen molar-refractivity contribution >= 4 is 28.9 Å². The van der Waals surface area contributed by atoms with Crippen LogP contribution in [-0.4, -0.2) is 49.0 Å². The van der Waals surface area contributed by atoms with E-state index in [4.69, 9.17) is 11.6 Å². The second kappa shape index (κ2) is 7.74. The van der Waals surface area contributed by atoms with Gasteiger partial charge in [-0.25, -0.2) is 0 Å². The summed E-state index contributed by atoms with van der Waals surface area (Å²) in [6.45, 7) is 3.39. The van der Waals surface area contributed by atoms with E-state index in [9.17, 15) is 18.0 Å². The molecule has 1 fully saturated rings. The fourth-order valence-electron chi connectivity index (χ4n) is 2.85. The van der Waals surface area contributed by atoms with E-state index in [-0.39, 0.29) is 16.4 Å². The van der Waals surface area contributed by atoms with E-state index in [1.54, 1.807) is 12.1 Å². The molecule has 1 N–H and O–H groups in total. The molecule has 2 heterocycles. The maximum atomic E-state index is 13.2. The van der Waals surface area contributed by atoms with Crippen LogP contribution in [0.5, 0.6) is 0 Å². The molecule has 1 aliphatic rings. The lowest BCUT2D eigenvalue weighted by molar-refractivity contribution is -0.136. The summed E-state index contributed by atoms with van der Waals surface area (Å²) in [6.07, 6.45) is -3.16. The number of carbonyl (C=O) groups excluding carboxylic acids is 1. The smallest absolute Gasteiger partial charge is 0.369 e. The highest BCUT2D eigenvalue weighted by atomic mass is 35.5. The molecule has 3 rings (SSSR count). The Morgan fingerprint density at radius 3 is 2.52 bits per heavy atom. The van der Waals surface area contributed by atoms with Gasteiger partial charge in [0.25, 0.3) is 5.91 Å². The topological polar surface area (TPSA) is 48.5 Å². The number of anilines is 2. The Morgan fingerprint density at radius 2 is 1.85 bits per heavy atom. The Bertz CT molecular complexity index is 836. The zero-order valence-corrected chi connectivity index (χ0v) is 15.3. The van der Waals surface area contributed by atoms with Gasteiger partial charge in [0.1, 0.15) is 5.69 Å². The lowest BCUT2D eigenvalue weighted by Gasteiger charge is -2.34. The minimum absolute atomic E-state index is 0.0505. The summed E-state index contributed by atoms with van der Waals surface area (Å²) >= 11 is 5.66.